The molecule has 4 aliphatic heterocycles. The summed E-state index contributed by atoms with van der Waals surface area (Å²) in [6, 6.07) is 13.5. The molecule has 406 valence electrons. The second-order valence-electron chi connectivity index (χ2n) is 19.2. The lowest BCUT2D eigenvalue weighted by Crippen LogP contribution is -2.54. The predicted molar refractivity (Wildman–Crippen MR) is 293 cm³/mol. The van der Waals surface area contributed by atoms with Gasteiger partial charge < -0.3 is 37.0 Å². The Morgan fingerprint density at radius 3 is 1.45 bits per heavy atom. The number of hydrogen-bond donors (Lipinski definition) is 7. The summed E-state index contributed by atoms with van der Waals surface area (Å²) in [6.45, 7) is 7.29. The molecule has 4 heterocycles. The fourth-order valence-corrected chi connectivity index (χ4v) is 16.3. The van der Waals surface area contributed by atoms with Crippen LogP contribution in [0.5, 0.6) is 0 Å². The maximum atomic E-state index is 13.2. The van der Waals surface area contributed by atoms with Crippen LogP contribution in [0.4, 0.5) is 0 Å². The van der Waals surface area contributed by atoms with Gasteiger partial charge >= 0.3 is 0 Å². The van der Waals surface area contributed by atoms with Crippen LogP contribution in [-0.4, -0.2) is 169 Å². The Labute approximate surface area is 452 Å². The number of benzene rings is 2. The number of likely N-dealkylation sites (N-methyl/N-ethyl adjacent to an activating group) is 2. The first-order valence-corrected chi connectivity index (χ1v) is 29.3. The summed E-state index contributed by atoms with van der Waals surface area (Å²) in [4.78, 5) is 117. The highest BCUT2D eigenvalue weighted by Crippen LogP contribution is 2.51. The molecule has 6 amide bonds. The van der Waals surface area contributed by atoms with Gasteiger partial charge in [0.1, 0.15) is 12.1 Å². The zero-order chi connectivity index (χ0) is 54.0. The summed E-state index contributed by atoms with van der Waals surface area (Å²) in [5, 5.41) is 26.4. The topological polar surface area (TPSA) is 253 Å². The van der Waals surface area contributed by atoms with Gasteiger partial charge in [-0.1, -0.05) is 87.4 Å². The summed E-state index contributed by atoms with van der Waals surface area (Å²) in [7, 11) is 3.86. The van der Waals surface area contributed by atoms with E-state index in [9.17, 15) is 48.3 Å². The van der Waals surface area contributed by atoms with Gasteiger partial charge in [0, 0.05) is 13.1 Å². The molecule has 2 aromatic carbocycles. The van der Waals surface area contributed by atoms with Crippen molar-refractivity contribution in [3.63, 3.8) is 0 Å². The number of thioether (sulfide) groups is 4. The molecule has 18 nitrogen and oxygen atoms in total. The smallest absolute Gasteiger partial charge is 0.290 e. The molecule has 2 aromatic rings. The minimum Gasteiger partial charge on any atom is -0.381 e. The lowest BCUT2D eigenvalue weighted by Gasteiger charge is -2.31. The Morgan fingerprint density at radius 1 is 0.608 bits per heavy atom. The number of aliphatic hydroxyl groups is 1. The van der Waals surface area contributed by atoms with Gasteiger partial charge in [0.25, 0.3) is 11.8 Å². The molecule has 4 fully saturated rings. The number of carbonyl (C=O) groups excluding carboxylic acids is 9. The first kappa shape index (κ1) is 60.4. The van der Waals surface area contributed by atoms with Crippen LogP contribution in [0.1, 0.15) is 102 Å². The second kappa shape index (κ2) is 29.2. The molecule has 2 spiro atoms. The van der Waals surface area contributed by atoms with Gasteiger partial charge in [-0.3, -0.25) is 53.0 Å². The van der Waals surface area contributed by atoms with Crippen molar-refractivity contribution in [3.8, 4) is 0 Å². The third kappa shape index (κ3) is 17.3. The molecule has 7 atom stereocenters. The molecule has 22 heteroatoms. The minimum atomic E-state index is -1.51. The predicted octanol–water partition coefficient (Wildman–Crippen LogP) is 3.14. The molecule has 0 bridgehead atoms. The van der Waals surface area contributed by atoms with Gasteiger partial charge in [0.15, 0.2) is 17.7 Å². The quantitative estimate of drug-likeness (QED) is 0.0837. The van der Waals surface area contributed by atoms with E-state index in [1.54, 1.807) is 54.6 Å². The summed E-state index contributed by atoms with van der Waals surface area (Å²) in [6.07, 6.45) is 4.24. The number of likely N-dealkylation sites (tertiary alicyclic amines) is 2. The lowest BCUT2D eigenvalue weighted by molar-refractivity contribution is -0.141. The van der Waals surface area contributed by atoms with Gasteiger partial charge in [-0.25, -0.2) is 0 Å². The lowest BCUT2D eigenvalue weighted by atomic mass is 10.0. The van der Waals surface area contributed by atoms with Crippen molar-refractivity contribution in [2.75, 3.05) is 63.3 Å². The van der Waals surface area contributed by atoms with E-state index in [0.29, 0.717) is 43.2 Å². The number of rotatable bonds is 22. The van der Waals surface area contributed by atoms with Crippen molar-refractivity contribution in [1.82, 2.24) is 41.7 Å². The molecule has 74 heavy (non-hydrogen) atoms. The van der Waals surface area contributed by atoms with Crippen LogP contribution >= 0.6 is 47.0 Å². The zero-order valence-corrected chi connectivity index (χ0v) is 46.5. The third-order valence-electron chi connectivity index (χ3n) is 13.2. The number of nitrogens with one attached hydrogen (secondary N) is 6. The Kier molecular flexibility index (Phi) is 23.8. The Morgan fingerprint density at radius 2 is 1.03 bits per heavy atom. The maximum absolute atomic E-state index is 13.2. The fourth-order valence-electron chi connectivity index (χ4n) is 9.39. The number of carbonyl (C=O) groups is 9. The van der Waals surface area contributed by atoms with Crippen LogP contribution < -0.4 is 31.9 Å². The first-order chi connectivity index (χ1) is 35.3. The van der Waals surface area contributed by atoms with E-state index < -0.39 is 72.8 Å². The van der Waals surface area contributed by atoms with Gasteiger partial charge in [-0.2, -0.15) is 0 Å². The van der Waals surface area contributed by atoms with Crippen molar-refractivity contribution in [1.29, 1.82) is 0 Å². The maximum Gasteiger partial charge on any atom is 0.290 e. The average Bonchev–Trinajstić information content (AvgIpc) is 3.89. The van der Waals surface area contributed by atoms with E-state index in [4.69, 9.17) is 0 Å². The van der Waals surface area contributed by atoms with Crippen LogP contribution in [0, 0.1) is 0 Å². The highest BCUT2D eigenvalue weighted by Gasteiger charge is 2.49. The first-order valence-electron chi connectivity index (χ1n) is 25.4. The summed E-state index contributed by atoms with van der Waals surface area (Å²) >= 11 is 7.65. The highest BCUT2D eigenvalue weighted by atomic mass is 32.2. The number of ketones is 3. The number of amides is 6. The number of hydrogen-bond acceptors (Lipinski definition) is 16. The molecule has 7 N–H and O–H groups in total. The van der Waals surface area contributed by atoms with Crippen LogP contribution in [0.3, 0.4) is 0 Å². The Bertz CT molecular complexity index is 2270. The van der Waals surface area contributed by atoms with Crippen molar-refractivity contribution in [3.05, 3.63) is 71.8 Å². The van der Waals surface area contributed by atoms with E-state index in [0.717, 1.165) is 42.5 Å². The van der Waals surface area contributed by atoms with Crippen molar-refractivity contribution in [2.24, 2.45) is 0 Å². The minimum absolute atomic E-state index is 0.00147. The summed E-state index contributed by atoms with van der Waals surface area (Å²) in [5.74, 6) is -0.207. The largest absolute Gasteiger partial charge is 0.381 e. The Balaban J connectivity index is 0.000000274. The molecule has 0 aromatic heterocycles. The molecule has 3 unspecified atom stereocenters. The zero-order valence-electron chi connectivity index (χ0n) is 43.3. The van der Waals surface area contributed by atoms with E-state index in [-0.39, 0.29) is 43.6 Å². The van der Waals surface area contributed by atoms with Crippen molar-refractivity contribution in [2.45, 2.75) is 130 Å². The SMILES string of the molecule is CCCC(NC(=O)[C@@H]1CC2(CN1C)SCCCS2)C(=O)C(=O)NCC(=O)N[C@H](C(C)=O)c1ccccc1.CCCC(NC(=O)[C@@H]1CC2(CN1C)SCCCS2)C(O)C(=O)NCC(=O)N[C@H](C(C)=O)c1ccccc1. The number of Topliss-reactive ketones (excluding diaryl/α,β-unsaturated/α-hetero) is 3. The van der Waals surface area contributed by atoms with Crippen molar-refractivity contribution < 1.29 is 48.3 Å². The monoisotopic (exact) mass is 1100 g/mol. The molecule has 6 rings (SSSR count). The summed E-state index contributed by atoms with van der Waals surface area (Å²) < 4.78 is 0.0254. The van der Waals surface area contributed by atoms with Gasteiger partial charge in [-0.05, 0) is 101 Å². The molecule has 4 aliphatic rings. The molecular formula is C52H74N8O10S4. The fraction of sp³-hybridized carbons (Fsp3) is 0.596. The van der Waals surface area contributed by atoms with Crippen LogP contribution in [0.15, 0.2) is 60.7 Å². The molecule has 0 aliphatic carbocycles. The van der Waals surface area contributed by atoms with Crippen LogP contribution in [-0.2, 0) is 43.2 Å². The standard InChI is InChI=1S/C26H38N4O5S2.C26H36N4O5S2/c2*1-4-9-19(28-24(34)20-14-26(16-30(20)3)36-12-8-13-37-26)23(33)25(35)27-15-21(32)29-22(17(2)31)18-10-6-5-7-11-18/h5-7,10-11,19-20,22-23,33H,4,8-9,12-16H2,1-3H3,(H,27,35)(H,28,34)(H,29,32);5-7,10-11,19-20,22H,4,8-9,12-16H2,1-3H3,(H,27,35)(H,28,34)(H,29,32)/t19?,20-,22+,23?;19?,20-,22+/m00/s1. The normalized spacial score (nSPS) is 21.1. The molecule has 0 saturated carbocycles. The third-order valence-corrected chi connectivity index (χ3v) is 19.9. The van der Waals surface area contributed by atoms with Gasteiger partial charge in [-0.15, -0.1) is 47.0 Å². The van der Waals surface area contributed by atoms with Crippen LogP contribution in [0.25, 0.3) is 0 Å². The second-order valence-corrected chi connectivity index (χ2v) is 25.6. The number of aliphatic hydroxyl groups excluding tert-OH is 1. The molecule has 0 radical (unpaired) electrons. The van der Waals surface area contributed by atoms with Crippen LogP contribution in [0.2, 0.25) is 0 Å². The van der Waals surface area contributed by atoms with Gasteiger partial charge in [0.2, 0.25) is 29.4 Å². The van der Waals surface area contributed by atoms with Crippen molar-refractivity contribution >= 4 is 99.8 Å². The number of nitrogens with zero attached hydrogens (tertiary/aromatic N) is 2. The summed E-state index contributed by atoms with van der Waals surface area (Å²) in [5.41, 5.74) is 1.27. The van der Waals surface area contributed by atoms with E-state index in [1.165, 1.54) is 26.7 Å². The molecular weight excluding hydrogens is 1020 g/mol. The van der Waals surface area contributed by atoms with E-state index in [2.05, 4.69) is 36.8 Å². The highest BCUT2D eigenvalue weighted by molar-refractivity contribution is 8.19. The van der Waals surface area contributed by atoms with Gasteiger partial charge in [0.05, 0.1) is 45.4 Å². The van der Waals surface area contributed by atoms with E-state index in [1.807, 2.05) is 86.0 Å². The Hall–Kier alpha value is -4.45. The molecule has 4 saturated heterocycles. The average molecular weight is 1100 g/mol. The van der Waals surface area contributed by atoms with E-state index >= 15 is 0 Å².